The number of ether oxygens (including phenoxy) is 1. The van der Waals surface area contributed by atoms with Crippen LogP contribution in [-0.4, -0.2) is 17.1 Å². The maximum Gasteiger partial charge on any atom is 0.269 e. The summed E-state index contributed by atoms with van der Waals surface area (Å²) in [6, 6.07) is 6.02. The van der Waals surface area contributed by atoms with Crippen molar-refractivity contribution in [2.24, 2.45) is 5.73 Å². The molecule has 0 saturated heterocycles. The van der Waals surface area contributed by atoms with Crippen LogP contribution in [0.4, 0.5) is 5.69 Å². The van der Waals surface area contributed by atoms with E-state index in [0.29, 0.717) is 12.4 Å². The molecule has 0 unspecified atom stereocenters. The molecule has 0 atom stereocenters. The smallest absolute Gasteiger partial charge is 0.269 e. The fourth-order valence-electron chi connectivity index (χ4n) is 1.35. The van der Waals surface area contributed by atoms with Crippen molar-refractivity contribution < 1.29 is 9.66 Å². The highest BCUT2D eigenvalue weighted by Crippen LogP contribution is 2.19. The first kappa shape index (κ1) is 13.4. The SMILES string of the molecule is CCC(N)(CC)COc1ccc([N+](=O)[O-])cc1. The largest absolute Gasteiger partial charge is 0.492 e. The van der Waals surface area contributed by atoms with Crippen molar-refractivity contribution in [3.05, 3.63) is 34.4 Å². The predicted molar refractivity (Wildman–Crippen MR) is 66.1 cm³/mol. The molecule has 0 aliphatic carbocycles. The van der Waals surface area contributed by atoms with Gasteiger partial charge in [-0.3, -0.25) is 10.1 Å². The van der Waals surface area contributed by atoms with E-state index in [-0.39, 0.29) is 11.2 Å². The Labute approximate surface area is 101 Å². The second kappa shape index (κ2) is 5.63. The van der Waals surface area contributed by atoms with Crippen molar-refractivity contribution in [2.45, 2.75) is 32.2 Å². The minimum Gasteiger partial charge on any atom is -0.492 e. The Balaban J connectivity index is 2.61. The lowest BCUT2D eigenvalue weighted by atomic mass is 9.96. The normalized spacial score (nSPS) is 11.2. The lowest BCUT2D eigenvalue weighted by Crippen LogP contribution is -2.44. The quantitative estimate of drug-likeness (QED) is 0.610. The molecule has 0 aromatic heterocycles. The van der Waals surface area contributed by atoms with Crippen LogP contribution in [0, 0.1) is 10.1 Å². The van der Waals surface area contributed by atoms with Gasteiger partial charge in [-0.15, -0.1) is 0 Å². The summed E-state index contributed by atoms with van der Waals surface area (Å²) in [5.74, 6) is 0.604. The van der Waals surface area contributed by atoms with Gasteiger partial charge in [-0.2, -0.15) is 0 Å². The third-order valence-electron chi connectivity index (χ3n) is 2.98. The molecule has 5 nitrogen and oxygen atoms in total. The monoisotopic (exact) mass is 238 g/mol. The van der Waals surface area contributed by atoms with Gasteiger partial charge < -0.3 is 10.5 Å². The molecule has 0 aliphatic heterocycles. The maximum absolute atomic E-state index is 10.5. The van der Waals surface area contributed by atoms with Gasteiger partial charge in [0.2, 0.25) is 0 Å². The summed E-state index contributed by atoms with van der Waals surface area (Å²) < 4.78 is 5.54. The summed E-state index contributed by atoms with van der Waals surface area (Å²) in [5, 5.41) is 10.5. The Bertz CT molecular complexity index is 372. The van der Waals surface area contributed by atoms with Crippen LogP contribution in [0.15, 0.2) is 24.3 Å². The van der Waals surface area contributed by atoms with Crippen molar-refractivity contribution in [3.8, 4) is 5.75 Å². The van der Waals surface area contributed by atoms with Crippen molar-refractivity contribution in [2.75, 3.05) is 6.61 Å². The molecule has 0 radical (unpaired) electrons. The van der Waals surface area contributed by atoms with E-state index >= 15 is 0 Å². The van der Waals surface area contributed by atoms with E-state index in [4.69, 9.17) is 10.5 Å². The van der Waals surface area contributed by atoms with E-state index in [1.54, 1.807) is 12.1 Å². The molecule has 1 aromatic carbocycles. The van der Waals surface area contributed by atoms with E-state index in [2.05, 4.69) is 0 Å². The number of nitrogens with zero attached hydrogens (tertiary/aromatic N) is 1. The van der Waals surface area contributed by atoms with Crippen LogP contribution in [0.1, 0.15) is 26.7 Å². The lowest BCUT2D eigenvalue weighted by molar-refractivity contribution is -0.384. The second-order valence-corrected chi connectivity index (χ2v) is 4.11. The Morgan fingerprint density at radius 1 is 1.29 bits per heavy atom. The molecule has 1 aromatic rings. The number of hydrogen-bond donors (Lipinski definition) is 1. The molecule has 0 aliphatic rings. The summed E-state index contributed by atoms with van der Waals surface area (Å²) in [5.41, 5.74) is 5.82. The van der Waals surface area contributed by atoms with Gasteiger partial charge in [-0.05, 0) is 25.0 Å². The zero-order chi connectivity index (χ0) is 12.9. The van der Waals surface area contributed by atoms with E-state index in [1.165, 1.54) is 12.1 Å². The van der Waals surface area contributed by atoms with Gasteiger partial charge in [0.05, 0.1) is 4.92 Å². The summed E-state index contributed by atoms with van der Waals surface area (Å²) in [6.45, 7) is 4.45. The minimum absolute atomic E-state index is 0.0577. The second-order valence-electron chi connectivity index (χ2n) is 4.11. The Kier molecular flexibility index (Phi) is 4.45. The maximum atomic E-state index is 10.5. The van der Waals surface area contributed by atoms with E-state index in [9.17, 15) is 10.1 Å². The summed E-state index contributed by atoms with van der Waals surface area (Å²) in [7, 11) is 0. The van der Waals surface area contributed by atoms with Gasteiger partial charge in [0.15, 0.2) is 0 Å². The Morgan fingerprint density at radius 3 is 2.24 bits per heavy atom. The highest BCUT2D eigenvalue weighted by Gasteiger charge is 2.21. The van der Waals surface area contributed by atoms with Gasteiger partial charge in [0.25, 0.3) is 5.69 Å². The number of non-ortho nitro benzene ring substituents is 1. The highest BCUT2D eigenvalue weighted by molar-refractivity contribution is 5.36. The van der Waals surface area contributed by atoms with Crippen molar-refractivity contribution in [1.29, 1.82) is 0 Å². The molecule has 5 heteroatoms. The molecule has 0 amide bonds. The Hall–Kier alpha value is -1.62. The zero-order valence-electron chi connectivity index (χ0n) is 10.2. The number of nitrogens with two attached hydrogens (primary N) is 1. The molecular weight excluding hydrogens is 220 g/mol. The first-order valence-corrected chi connectivity index (χ1v) is 5.67. The van der Waals surface area contributed by atoms with Gasteiger partial charge in [0.1, 0.15) is 12.4 Å². The number of nitro benzene ring substituents is 1. The fourth-order valence-corrected chi connectivity index (χ4v) is 1.35. The third-order valence-corrected chi connectivity index (χ3v) is 2.98. The van der Waals surface area contributed by atoms with Crippen LogP contribution in [0.25, 0.3) is 0 Å². The number of benzene rings is 1. The van der Waals surface area contributed by atoms with Crippen molar-refractivity contribution in [3.63, 3.8) is 0 Å². The van der Waals surface area contributed by atoms with Crippen molar-refractivity contribution >= 4 is 5.69 Å². The fraction of sp³-hybridized carbons (Fsp3) is 0.500. The predicted octanol–water partition coefficient (Wildman–Crippen LogP) is 2.49. The molecule has 94 valence electrons. The molecule has 1 rings (SSSR count). The summed E-state index contributed by atoms with van der Waals surface area (Å²) in [6.07, 6.45) is 1.66. The molecule has 2 N–H and O–H groups in total. The van der Waals surface area contributed by atoms with E-state index in [0.717, 1.165) is 12.8 Å². The Morgan fingerprint density at radius 2 is 1.82 bits per heavy atom. The molecule has 0 saturated carbocycles. The van der Waals surface area contributed by atoms with Gasteiger partial charge >= 0.3 is 0 Å². The van der Waals surface area contributed by atoms with Gasteiger partial charge in [0, 0.05) is 17.7 Å². The number of rotatable bonds is 6. The molecule has 0 bridgehead atoms. The highest BCUT2D eigenvalue weighted by atomic mass is 16.6. The summed E-state index contributed by atoms with van der Waals surface area (Å²) in [4.78, 5) is 10.0. The third kappa shape index (κ3) is 3.71. The summed E-state index contributed by atoms with van der Waals surface area (Å²) >= 11 is 0. The van der Waals surface area contributed by atoms with E-state index < -0.39 is 4.92 Å². The minimum atomic E-state index is -0.435. The van der Waals surface area contributed by atoms with Crippen LogP contribution in [0.5, 0.6) is 5.75 Å². The molecule has 0 fully saturated rings. The van der Waals surface area contributed by atoms with Crippen LogP contribution in [0.2, 0.25) is 0 Å². The standard InChI is InChI=1S/C12H18N2O3/c1-3-12(13,4-2)9-17-11-7-5-10(6-8-11)14(15)16/h5-8H,3-4,9,13H2,1-2H3. The van der Waals surface area contributed by atoms with E-state index in [1.807, 2.05) is 13.8 Å². The number of hydrogen-bond acceptors (Lipinski definition) is 4. The number of nitro groups is 1. The average Bonchev–Trinajstić information content (AvgIpc) is 2.36. The lowest BCUT2D eigenvalue weighted by Gasteiger charge is -2.26. The van der Waals surface area contributed by atoms with Crippen LogP contribution >= 0.6 is 0 Å². The topological polar surface area (TPSA) is 78.4 Å². The van der Waals surface area contributed by atoms with Gasteiger partial charge in [-0.1, -0.05) is 13.8 Å². The van der Waals surface area contributed by atoms with Crippen LogP contribution in [0.3, 0.4) is 0 Å². The molecule has 17 heavy (non-hydrogen) atoms. The van der Waals surface area contributed by atoms with Crippen LogP contribution in [-0.2, 0) is 0 Å². The van der Waals surface area contributed by atoms with Crippen molar-refractivity contribution in [1.82, 2.24) is 0 Å². The molecule has 0 heterocycles. The first-order chi connectivity index (χ1) is 8.00. The first-order valence-electron chi connectivity index (χ1n) is 5.67. The molecule has 0 spiro atoms. The molecular formula is C12H18N2O3. The van der Waals surface area contributed by atoms with Gasteiger partial charge in [-0.25, -0.2) is 0 Å². The van der Waals surface area contributed by atoms with Crippen LogP contribution < -0.4 is 10.5 Å². The zero-order valence-corrected chi connectivity index (χ0v) is 10.2. The average molecular weight is 238 g/mol.